The van der Waals surface area contributed by atoms with Gasteiger partial charge in [0, 0.05) is 23.5 Å². The highest BCUT2D eigenvalue weighted by Crippen LogP contribution is 2.23. The Morgan fingerprint density at radius 3 is 2.81 bits per heavy atom. The molecular weight excluding hydrogens is 254 g/mol. The molecule has 0 aromatic carbocycles. The smallest absolute Gasteiger partial charge is 0.266 e. The van der Waals surface area contributed by atoms with E-state index in [1.54, 1.807) is 0 Å². The van der Waals surface area contributed by atoms with Crippen LogP contribution in [0.15, 0.2) is 23.2 Å². The van der Waals surface area contributed by atoms with Crippen molar-refractivity contribution >= 4 is 19.7 Å². The molecule has 1 aromatic heterocycles. The van der Waals surface area contributed by atoms with Gasteiger partial charge in [-0.1, -0.05) is 0 Å². The lowest BCUT2D eigenvalue weighted by Gasteiger charge is -2.07. The van der Waals surface area contributed by atoms with Crippen molar-refractivity contribution in [1.82, 2.24) is 4.98 Å². The summed E-state index contributed by atoms with van der Waals surface area (Å²) >= 11 is 0. The molecule has 0 atom stereocenters. The number of aromatic nitrogens is 1. The van der Waals surface area contributed by atoms with Crippen LogP contribution in [0, 0.1) is 0 Å². The van der Waals surface area contributed by atoms with Crippen LogP contribution in [-0.2, 0) is 13.8 Å². The van der Waals surface area contributed by atoms with Gasteiger partial charge in [-0.2, -0.15) is 0 Å². The number of halogens is 1. The van der Waals surface area contributed by atoms with E-state index in [1.165, 1.54) is 18.3 Å². The molecule has 0 aliphatic heterocycles. The van der Waals surface area contributed by atoms with Crippen LogP contribution in [0.3, 0.4) is 0 Å². The number of hydrogen-bond donors (Lipinski definition) is 0. The number of ether oxygens (including phenoxy) is 2. The third-order valence-electron chi connectivity index (χ3n) is 1.67. The van der Waals surface area contributed by atoms with Crippen molar-refractivity contribution in [3.05, 3.63) is 18.3 Å². The minimum Gasteiger partial charge on any atom is -0.474 e. The fraction of sp³-hybridized carbons (Fsp3) is 0.444. The molecule has 0 saturated carbocycles. The van der Waals surface area contributed by atoms with Gasteiger partial charge in [0.2, 0.25) is 5.88 Å². The van der Waals surface area contributed by atoms with Crippen molar-refractivity contribution in [2.45, 2.75) is 11.8 Å². The SMILES string of the molecule is CCOCCOc1ncccc1S(=O)(=O)Cl. The van der Waals surface area contributed by atoms with E-state index in [4.69, 9.17) is 20.2 Å². The van der Waals surface area contributed by atoms with Crippen LogP contribution in [0.2, 0.25) is 0 Å². The maximum absolute atomic E-state index is 11.2. The molecule has 0 aliphatic carbocycles. The first-order valence-corrected chi connectivity index (χ1v) is 6.97. The quantitative estimate of drug-likeness (QED) is 0.575. The first-order chi connectivity index (χ1) is 7.55. The number of hydrogen-bond acceptors (Lipinski definition) is 5. The Morgan fingerprint density at radius 1 is 1.44 bits per heavy atom. The van der Waals surface area contributed by atoms with E-state index >= 15 is 0 Å². The Balaban J connectivity index is 2.73. The van der Waals surface area contributed by atoms with Gasteiger partial charge in [0.05, 0.1) is 6.61 Å². The minimum absolute atomic E-state index is 0.00259. The standard InChI is InChI=1S/C9H12ClNO4S/c1-2-14-6-7-15-9-8(16(10,12)13)4-3-5-11-9/h3-5H,2,6-7H2,1H3. The first kappa shape index (κ1) is 13.2. The van der Waals surface area contributed by atoms with Crippen LogP contribution < -0.4 is 4.74 Å². The molecule has 0 aliphatic rings. The number of pyridine rings is 1. The van der Waals surface area contributed by atoms with Crippen molar-refractivity contribution < 1.29 is 17.9 Å². The molecular formula is C9H12ClNO4S. The van der Waals surface area contributed by atoms with E-state index < -0.39 is 9.05 Å². The van der Waals surface area contributed by atoms with Crippen LogP contribution >= 0.6 is 10.7 Å². The lowest BCUT2D eigenvalue weighted by Crippen LogP contribution is -2.09. The second-order valence-corrected chi connectivity index (χ2v) is 5.32. The van der Waals surface area contributed by atoms with Crippen LogP contribution in [-0.4, -0.2) is 33.2 Å². The third kappa shape index (κ3) is 3.96. The highest BCUT2D eigenvalue weighted by atomic mass is 35.7. The predicted molar refractivity (Wildman–Crippen MR) is 59.3 cm³/mol. The second-order valence-electron chi connectivity index (χ2n) is 2.79. The maximum Gasteiger partial charge on any atom is 0.266 e. The molecule has 0 amide bonds. The molecule has 0 saturated heterocycles. The molecule has 5 nitrogen and oxygen atoms in total. The first-order valence-electron chi connectivity index (χ1n) is 4.66. The van der Waals surface area contributed by atoms with E-state index in [0.717, 1.165) is 0 Å². The van der Waals surface area contributed by atoms with E-state index in [-0.39, 0.29) is 17.4 Å². The second kappa shape index (κ2) is 6.03. The monoisotopic (exact) mass is 265 g/mol. The zero-order valence-electron chi connectivity index (χ0n) is 8.72. The average Bonchev–Trinajstić information content (AvgIpc) is 2.24. The van der Waals surface area contributed by atoms with Gasteiger partial charge in [-0.25, -0.2) is 13.4 Å². The predicted octanol–water partition coefficient (Wildman–Crippen LogP) is 1.42. The number of rotatable bonds is 6. The molecule has 16 heavy (non-hydrogen) atoms. The minimum atomic E-state index is -3.83. The van der Waals surface area contributed by atoms with Crippen LogP contribution in [0.4, 0.5) is 0 Å². The van der Waals surface area contributed by atoms with Gasteiger partial charge < -0.3 is 9.47 Å². The van der Waals surface area contributed by atoms with E-state index in [9.17, 15) is 8.42 Å². The molecule has 0 radical (unpaired) electrons. The van der Waals surface area contributed by atoms with Crippen LogP contribution in [0.25, 0.3) is 0 Å². The van der Waals surface area contributed by atoms with Crippen molar-refractivity contribution in [2.75, 3.05) is 19.8 Å². The van der Waals surface area contributed by atoms with E-state index in [0.29, 0.717) is 13.2 Å². The highest BCUT2D eigenvalue weighted by Gasteiger charge is 2.17. The molecule has 1 heterocycles. The molecule has 1 aromatic rings. The molecule has 0 N–H and O–H groups in total. The normalized spacial score (nSPS) is 11.4. The molecule has 0 spiro atoms. The van der Waals surface area contributed by atoms with E-state index in [2.05, 4.69) is 4.98 Å². The largest absolute Gasteiger partial charge is 0.474 e. The third-order valence-corrected chi connectivity index (χ3v) is 3.00. The fourth-order valence-electron chi connectivity index (χ4n) is 1.01. The van der Waals surface area contributed by atoms with Crippen LogP contribution in [0.5, 0.6) is 5.88 Å². The Kier molecular flexibility index (Phi) is 4.98. The summed E-state index contributed by atoms with van der Waals surface area (Å²) in [5, 5.41) is 0. The van der Waals surface area contributed by atoms with Gasteiger partial charge in [-0.05, 0) is 19.1 Å². The van der Waals surface area contributed by atoms with Gasteiger partial charge in [-0.3, -0.25) is 0 Å². The molecule has 7 heteroatoms. The molecule has 1 rings (SSSR count). The lowest BCUT2D eigenvalue weighted by molar-refractivity contribution is 0.107. The topological polar surface area (TPSA) is 65.5 Å². The van der Waals surface area contributed by atoms with Crippen LogP contribution in [0.1, 0.15) is 6.92 Å². The lowest BCUT2D eigenvalue weighted by atomic mass is 10.5. The zero-order chi connectivity index (χ0) is 12.0. The van der Waals surface area contributed by atoms with Crippen molar-refractivity contribution in [2.24, 2.45) is 0 Å². The van der Waals surface area contributed by atoms with Crippen molar-refractivity contribution in [3.8, 4) is 5.88 Å². The van der Waals surface area contributed by atoms with Gasteiger partial charge >= 0.3 is 0 Å². The molecule has 0 bridgehead atoms. The van der Waals surface area contributed by atoms with Crippen molar-refractivity contribution in [1.29, 1.82) is 0 Å². The summed E-state index contributed by atoms with van der Waals surface area (Å²) in [6.07, 6.45) is 1.43. The fourth-order valence-corrected chi connectivity index (χ4v) is 1.93. The van der Waals surface area contributed by atoms with Crippen molar-refractivity contribution in [3.63, 3.8) is 0 Å². The Bertz CT molecular complexity index is 435. The van der Waals surface area contributed by atoms with E-state index in [1.807, 2.05) is 6.92 Å². The summed E-state index contributed by atoms with van der Waals surface area (Å²) in [5.41, 5.74) is 0. The molecule has 0 unspecified atom stereocenters. The maximum atomic E-state index is 11.2. The van der Waals surface area contributed by atoms with Gasteiger partial charge in [0.1, 0.15) is 11.5 Å². The van der Waals surface area contributed by atoms with Gasteiger partial charge in [0.15, 0.2) is 0 Å². The number of nitrogens with zero attached hydrogens (tertiary/aromatic N) is 1. The summed E-state index contributed by atoms with van der Waals surface area (Å²) < 4.78 is 32.5. The Hall–Kier alpha value is -0.850. The molecule has 0 fully saturated rings. The highest BCUT2D eigenvalue weighted by molar-refractivity contribution is 8.13. The summed E-state index contributed by atoms with van der Waals surface area (Å²) in [4.78, 5) is 3.67. The Morgan fingerprint density at radius 2 is 2.19 bits per heavy atom. The summed E-state index contributed by atoms with van der Waals surface area (Å²) in [6.45, 7) is 3.03. The summed E-state index contributed by atoms with van der Waals surface area (Å²) in [7, 11) is 1.39. The molecule has 90 valence electrons. The summed E-state index contributed by atoms with van der Waals surface area (Å²) in [5.74, 6) is -0.00259. The van der Waals surface area contributed by atoms with Gasteiger partial charge in [0.25, 0.3) is 9.05 Å². The Labute approximate surface area is 98.8 Å². The average molecular weight is 266 g/mol. The van der Waals surface area contributed by atoms with Gasteiger partial charge in [-0.15, -0.1) is 0 Å². The zero-order valence-corrected chi connectivity index (χ0v) is 10.3. The summed E-state index contributed by atoms with van der Waals surface area (Å²) in [6, 6.07) is 2.82.